The Morgan fingerprint density at radius 1 is 1.62 bits per heavy atom. The van der Waals surface area contributed by atoms with Crippen LogP contribution in [0.4, 0.5) is 0 Å². The minimum Gasteiger partial charge on any atom is -0.368 e. The topological polar surface area (TPSA) is 55.1 Å². The van der Waals surface area contributed by atoms with Crippen LogP contribution in [0.15, 0.2) is 0 Å². The van der Waals surface area contributed by atoms with Crippen molar-refractivity contribution in [3.05, 3.63) is 0 Å². The SMILES string of the molecule is CCCC[C@H]1CCN[C@@H](C(N)=O)C1. The van der Waals surface area contributed by atoms with Crippen molar-refractivity contribution in [1.29, 1.82) is 0 Å². The van der Waals surface area contributed by atoms with Crippen molar-refractivity contribution in [1.82, 2.24) is 5.32 Å². The molecular weight excluding hydrogens is 164 g/mol. The van der Waals surface area contributed by atoms with Gasteiger partial charge in [0.2, 0.25) is 5.91 Å². The molecule has 0 radical (unpaired) electrons. The number of nitrogens with one attached hydrogen (secondary N) is 1. The van der Waals surface area contributed by atoms with Crippen LogP contribution >= 0.6 is 0 Å². The summed E-state index contributed by atoms with van der Waals surface area (Å²) >= 11 is 0. The molecule has 0 aromatic rings. The maximum atomic E-state index is 10.9. The van der Waals surface area contributed by atoms with E-state index in [4.69, 9.17) is 5.73 Å². The van der Waals surface area contributed by atoms with Gasteiger partial charge in [-0.15, -0.1) is 0 Å². The van der Waals surface area contributed by atoms with Crippen molar-refractivity contribution in [2.45, 2.75) is 45.1 Å². The second-order valence-electron chi connectivity index (χ2n) is 3.94. The average molecular weight is 184 g/mol. The zero-order chi connectivity index (χ0) is 9.68. The van der Waals surface area contributed by atoms with E-state index in [1.165, 1.54) is 25.7 Å². The highest BCUT2D eigenvalue weighted by Gasteiger charge is 2.24. The summed E-state index contributed by atoms with van der Waals surface area (Å²) in [6.07, 6.45) is 5.91. The summed E-state index contributed by atoms with van der Waals surface area (Å²) in [6.45, 7) is 3.15. The van der Waals surface area contributed by atoms with E-state index in [0.29, 0.717) is 5.92 Å². The summed E-state index contributed by atoms with van der Waals surface area (Å²) in [5, 5.41) is 3.15. The van der Waals surface area contributed by atoms with Crippen LogP contribution in [-0.2, 0) is 4.79 Å². The third kappa shape index (κ3) is 3.35. The Bertz CT molecular complexity index is 170. The number of rotatable bonds is 4. The maximum absolute atomic E-state index is 10.9. The highest BCUT2D eigenvalue weighted by Crippen LogP contribution is 2.21. The molecule has 3 nitrogen and oxygen atoms in total. The first-order valence-corrected chi connectivity index (χ1v) is 5.26. The second-order valence-corrected chi connectivity index (χ2v) is 3.94. The average Bonchev–Trinajstić information content (AvgIpc) is 2.15. The smallest absolute Gasteiger partial charge is 0.234 e. The largest absolute Gasteiger partial charge is 0.368 e. The lowest BCUT2D eigenvalue weighted by Gasteiger charge is -2.28. The Morgan fingerprint density at radius 3 is 3.00 bits per heavy atom. The van der Waals surface area contributed by atoms with Crippen LogP contribution in [0, 0.1) is 5.92 Å². The number of amides is 1. The number of hydrogen-bond acceptors (Lipinski definition) is 2. The summed E-state index contributed by atoms with van der Waals surface area (Å²) in [5.74, 6) is 0.514. The summed E-state index contributed by atoms with van der Waals surface area (Å²) in [6, 6.07) is -0.0735. The van der Waals surface area contributed by atoms with Gasteiger partial charge in [0.1, 0.15) is 0 Å². The van der Waals surface area contributed by atoms with Crippen molar-refractivity contribution in [2.24, 2.45) is 11.7 Å². The van der Waals surface area contributed by atoms with Gasteiger partial charge in [-0.3, -0.25) is 4.79 Å². The van der Waals surface area contributed by atoms with Crippen LogP contribution in [0.1, 0.15) is 39.0 Å². The van der Waals surface area contributed by atoms with E-state index < -0.39 is 0 Å². The van der Waals surface area contributed by atoms with E-state index >= 15 is 0 Å². The molecule has 76 valence electrons. The molecule has 1 saturated heterocycles. The van der Waals surface area contributed by atoms with E-state index in [2.05, 4.69) is 12.2 Å². The number of piperidine rings is 1. The number of unbranched alkanes of at least 4 members (excludes halogenated alkanes) is 1. The number of hydrogen-bond donors (Lipinski definition) is 2. The van der Waals surface area contributed by atoms with Gasteiger partial charge in [0, 0.05) is 0 Å². The summed E-state index contributed by atoms with van der Waals surface area (Å²) in [7, 11) is 0. The fraction of sp³-hybridized carbons (Fsp3) is 0.900. The number of nitrogens with two attached hydrogens (primary N) is 1. The van der Waals surface area contributed by atoms with Crippen LogP contribution in [0.2, 0.25) is 0 Å². The molecule has 0 unspecified atom stereocenters. The predicted molar refractivity (Wildman–Crippen MR) is 53.2 cm³/mol. The Hall–Kier alpha value is -0.570. The summed E-state index contributed by atoms with van der Waals surface area (Å²) in [5.41, 5.74) is 5.26. The first kappa shape index (κ1) is 10.5. The van der Waals surface area contributed by atoms with Crippen molar-refractivity contribution in [3.63, 3.8) is 0 Å². The van der Waals surface area contributed by atoms with Crippen molar-refractivity contribution >= 4 is 5.91 Å². The van der Waals surface area contributed by atoms with Crippen molar-refractivity contribution < 1.29 is 4.79 Å². The van der Waals surface area contributed by atoms with Crippen LogP contribution in [0.25, 0.3) is 0 Å². The van der Waals surface area contributed by atoms with Gasteiger partial charge in [0.25, 0.3) is 0 Å². The molecule has 1 heterocycles. The molecule has 0 spiro atoms. The van der Waals surface area contributed by atoms with Crippen LogP contribution in [0.5, 0.6) is 0 Å². The molecule has 1 amide bonds. The van der Waals surface area contributed by atoms with Gasteiger partial charge in [-0.25, -0.2) is 0 Å². The minimum absolute atomic E-state index is 0.0735. The van der Waals surface area contributed by atoms with Gasteiger partial charge in [-0.1, -0.05) is 26.2 Å². The first-order valence-electron chi connectivity index (χ1n) is 5.26. The van der Waals surface area contributed by atoms with Gasteiger partial charge >= 0.3 is 0 Å². The molecular formula is C10H20N2O. The molecule has 0 aromatic heterocycles. The Balaban J connectivity index is 2.29. The van der Waals surface area contributed by atoms with E-state index in [1.807, 2.05) is 0 Å². The number of primary amides is 1. The molecule has 3 N–H and O–H groups in total. The van der Waals surface area contributed by atoms with Gasteiger partial charge < -0.3 is 11.1 Å². The minimum atomic E-state index is -0.193. The molecule has 0 saturated carbocycles. The number of carbonyl (C=O) groups excluding carboxylic acids is 1. The molecule has 1 fully saturated rings. The van der Waals surface area contributed by atoms with Crippen LogP contribution < -0.4 is 11.1 Å². The van der Waals surface area contributed by atoms with Crippen molar-refractivity contribution in [2.75, 3.05) is 6.54 Å². The van der Waals surface area contributed by atoms with Crippen LogP contribution in [-0.4, -0.2) is 18.5 Å². The quantitative estimate of drug-likeness (QED) is 0.685. The Morgan fingerprint density at radius 2 is 2.38 bits per heavy atom. The lowest BCUT2D eigenvalue weighted by molar-refractivity contribution is -0.120. The third-order valence-electron chi connectivity index (χ3n) is 2.82. The van der Waals surface area contributed by atoms with Gasteiger partial charge in [-0.05, 0) is 25.3 Å². The predicted octanol–water partition coefficient (Wildman–Crippen LogP) is 1.03. The molecule has 3 heteroatoms. The van der Waals surface area contributed by atoms with E-state index in [9.17, 15) is 4.79 Å². The van der Waals surface area contributed by atoms with E-state index in [0.717, 1.165) is 13.0 Å². The number of carbonyl (C=O) groups is 1. The van der Waals surface area contributed by atoms with Crippen molar-refractivity contribution in [3.8, 4) is 0 Å². The second kappa shape index (κ2) is 5.22. The van der Waals surface area contributed by atoms with E-state index in [-0.39, 0.29) is 11.9 Å². The highest BCUT2D eigenvalue weighted by molar-refractivity contribution is 5.79. The molecule has 1 rings (SSSR count). The van der Waals surface area contributed by atoms with Crippen LogP contribution in [0.3, 0.4) is 0 Å². The normalized spacial score (nSPS) is 28.7. The molecule has 2 atom stereocenters. The van der Waals surface area contributed by atoms with Gasteiger partial charge in [0.15, 0.2) is 0 Å². The molecule has 13 heavy (non-hydrogen) atoms. The van der Waals surface area contributed by atoms with E-state index in [1.54, 1.807) is 0 Å². The standard InChI is InChI=1S/C10H20N2O/c1-2-3-4-8-5-6-12-9(7-8)10(11)13/h8-9,12H,2-7H2,1H3,(H2,11,13)/t8-,9+/m0/s1. The fourth-order valence-electron chi connectivity index (χ4n) is 1.97. The lowest BCUT2D eigenvalue weighted by atomic mass is 9.88. The monoisotopic (exact) mass is 184 g/mol. The molecule has 0 bridgehead atoms. The van der Waals surface area contributed by atoms with Gasteiger partial charge in [0.05, 0.1) is 6.04 Å². The zero-order valence-electron chi connectivity index (χ0n) is 8.38. The molecule has 0 aromatic carbocycles. The Labute approximate surface area is 80.1 Å². The summed E-state index contributed by atoms with van der Waals surface area (Å²) < 4.78 is 0. The van der Waals surface area contributed by atoms with Gasteiger partial charge in [-0.2, -0.15) is 0 Å². The zero-order valence-corrected chi connectivity index (χ0v) is 8.38. The fourth-order valence-corrected chi connectivity index (χ4v) is 1.97. The lowest BCUT2D eigenvalue weighted by Crippen LogP contribution is -2.46. The third-order valence-corrected chi connectivity index (χ3v) is 2.82. The summed E-state index contributed by atoms with van der Waals surface area (Å²) in [4.78, 5) is 10.9. The molecule has 1 aliphatic rings. The molecule has 1 aliphatic heterocycles. The first-order chi connectivity index (χ1) is 6.24. The maximum Gasteiger partial charge on any atom is 0.234 e. The highest BCUT2D eigenvalue weighted by atomic mass is 16.1. The molecule has 0 aliphatic carbocycles. The Kier molecular flexibility index (Phi) is 4.22.